The third-order valence-electron chi connectivity index (χ3n) is 4.84. The van der Waals surface area contributed by atoms with Gasteiger partial charge in [-0.3, -0.25) is 4.79 Å². The number of carbonyl (C=O) groups excluding carboxylic acids is 1. The second-order valence-corrected chi connectivity index (χ2v) is 6.69. The predicted molar refractivity (Wildman–Crippen MR) is 97.1 cm³/mol. The summed E-state index contributed by atoms with van der Waals surface area (Å²) in [4.78, 5) is 23.8. The average molecular weight is 383 g/mol. The second-order valence-electron chi connectivity index (χ2n) is 6.69. The number of aryl methyl sites for hydroxylation is 1. The molecule has 0 saturated carbocycles. The quantitative estimate of drug-likeness (QED) is 0.706. The van der Waals surface area contributed by atoms with E-state index < -0.39 is 5.97 Å². The Morgan fingerprint density at radius 2 is 2.04 bits per heavy atom. The third kappa shape index (κ3) is 3.17. The molecule has 2 heterocycles. The van der Waals surface area contributed by atoms with Crippen molar-refractivity contribution in [2.45, 2.75) is 32.7 Å². The minimum absolute atomic E-state index is 0.0606. The van der Waals surface area contributed by atoms with Crippen LogP contribution in [0, 0.1) is 12.7 Å². The molecule has 4 rings (SSSR count). The number of nitrogens with one attached hydrogen (secondary N) is 1. The Balaban J connectivity index is 1.56. The number of aromatic carboxylic acids is 1. The lowest BCUT2D eigenvalue weighted by molar-refractivity contribution is 0.0694. The average Bonchev–Trinajstić information content (AvgIpc) is 3.35. The molecule has 1 aliphatic carbocycles. The number of benzene rings is 1. The summed E-state index contributed by atoms with van der Waals surface area (Å²) in [6.45, 7) is 1.62. The molecule has 1 amide bonds. The summed E-state index contributed by atoms with van der Waals surface area (Å²) in [5.41, 5.74) is 2.96. The van der Waals surface area contributed by atoms with Gasteiger partial charge in [0, 0.05) is 11.3 Å². The van der Waals surface area contributed by atoms with E-state index >= 15 is 0 Å². The number of furan rings is 1. The summed E-state index contributed by atoms with van der Waals surface area (Å²) in [7, 11) is 0. The molecule has 3 aromatic rings. The van der Waals surface area contributed by atoms with Gasteiger partial charge in [0.1, 0.15) is 22.9 Å². The fourth-order valence-electron chi connectivity index (χ4n) is 3.51. The zero-order valence-electron chi connectivity index (χ0n) is 15.2. The normalized spacial score (nSPS) is 12.8. The number of rotatable bonds is 5. The van der Waals surface area contributed by atoms with Crippen molar-refractivity contribution >= 4 is 11.9 Å². The fourth-order valence-corrected chi connectivity index (χ4v) is 3.51. The Kier molecular flexibility index (Phi) is 4.46. The first kappa shape index (κ1) is 18.0. The molecule has 0 radical (unpaired) electrons. The molecule has 0 bridgehead atoms. The number of carbonyl (C=O) groups is 2. The number of hydrogen-bond acceptors (Lipinski definition) is 4. The van der Waals surface area contributed by atoms with Crippen LogP contribution in [-0.4, -0.2) is 26.8 Å². The number of carboxylic acids is 1. The minimum Gasteiger partial charge on any atom is -0.478 e. The molecule has 2 aromatic heterocycles. The monoisotopic (exact) mass is 383 g/mol. The van der Waals surface area contributed by atoms with Gasteiger partial charge in [0.25, 0.3) is 5.91 Å². The van der Waals surface area contributed by atoms with E-state index in [4.69, 9.17) is 9.52 Å². The molecule has 0 atom stereocenters. The molecule has 7 nitrogen and oxygen atoms in total. The molecule has 1 aromatic carbocycles. The predicted octanol–water partition coefficient (Wildman–Crippen LogP) is 3.03. The van der Waals surface area contributed by atoms with E-state index in [1.165, 1.54) is 18.2 Å². The van der Waals surface area contributed by atoms with Gasteiger partial charge in [-0.15, -0.1) is 0 Å². The molecule has 8 heteroatoms. The van der Waals surface area contributed by atoms with Gasteiger partial charge in [-0.05, 0) is 56.5 Å². The summed E-state index contributed by atoms with van der Waals surface area (Å²) in [5, 5.41) is 16.3. The molecule has 0 aliphatic heterocycles. The van der Waals surface area contributed by atoms with E-state index in [-0.39, 0.29) is 23.8 Å². The number of carboxylic acid groups (broad SMARTS) is 1. The van der Waals surface area contributed by atoms with Crippen molar-refractivity contribution in [3.05, 3.63) is 70.2 Å². The summed E-state index contributed by atoms with van der Waals surface area (Å²) in [6.07, 6.45) is 2.47. The number of halogens is 1. The topological polar surface area (TPSA) is 97.4 Å². The second kappa shape index (κ2) is 6.95. The van der Waals surface area contributed by atoms with Crippen LogP contribution in [0.4, 0.5) is 4.39 Å². The highest BCUT2D eigenvalue weighted by molar-refractivity contribution is 5.94. The van der Waals surface area contributed by atoms with Gasteiger partial charge in [0.2, 0.25) is 0 Å². The van der Waals surface area contributed by atoms with Crippen molar-refractivity contribution in [2.75, 3.05) is 0 Å². The molecular weight excluding hydrogens is 365 g/mol. The van der Waals surface area contributed by atoms with E-state index in [2.05, 4.69) is 10.4 Å². The van der Waals surface area contributed by atoms with Crippen LogP contribution in [0.2, 0.25) is 0 Å². The molecule has 0 fully saturated rings. The number of amides is 1. The highest BCUT2D eigenvalue weighted by Gasteiger charge is 2.27. The molecule has 144 valence electrons. The minimum atomic E-state index is -1.07. The summed E-state index contributed by atoms with van der Waals surface area (Å²) in [5.74, 6) is -1.12. The van der Waals surface area contributed by atoms with Gasteiger partial charge in [0.15, 0.2) is 5.69 Å². The lowest BCUT2D eigenvalue weighted by Gasteiger charge is -2.05. The maximum atomic E-state index is 13.2. The SMILES string of the molecule is Cc1oc(CNC(=O)c2nn(-c3ccc(F)cc3)c3c2CCC3)cc1C(=O)O. The van der Waals surface area contributed by atoms with Crippen LogP contribution in [0.1, 0.15) is 50.0 Å². The number of aromatic nitrogens is 2. The largest absolute Gasteiger partial charge is 0.478 e. The zero-order chi connectivity index (χ0) is 19.8. The van der Waals surface area contributed by atoms with Gasteiger partial charge in [0.05, 0.1) is 12.2 Å². The van der Waals surface area contributed by atoms with Crippen LogP contribution in [0.15, 0.2) is 34.7 Å². The maximum Gasteiger partial charge on any atom is 0.339 e. The first-order valence-electron chi connectivity index (χ1n) is 8.91. The highest BCUT2D eigenvalue weighted by atomic mass is 19.1. The van der Waals surface area contributed by atoms with Crippen LogP contribution in [-0.2, 0) is 19.4 Å². The summed E-state index contributed by atoms with van der Waals surface area (Å²) >= 11 is 0. The van der Waals surface area contributed by atoms with E-state index in [1.807, 2.05) is 0 Å². The van der Waals surface area contributed by atoms with Crippen LogP contribution >= 0.6 is 0 Å². The molecular formula is C20H18FN3O4. The molecule has 1 aliphatic rings. The van der Waals surface area contributed by atoms with Crippen molar-refractivity contribution in [2.24, 2.45) is 0 Å². The Labute approximate surface area is 159 Å². The Morgan fingerprint density at radius 1 is 1.29 bits per heavy atom. The number of fused-ring (bicyclic) bond motifs is 1. The zero-order valence-corrected chi connectivity index (χ0v) is 15.2. The van der Waals surface area contributed by atoms with E-state index in [1.54, 1.807) is 23.7 Å². The van der Waals surface area contributed by atoms with Gasteiger partial charge >= 0.3 is 5.97 Å². The van der Waals surface area contributed by atoms with Crippen LogP contribution in [0.25, 0.3) is 5.69 Å². The smallest absolute Gasteiger partial charge is 0.339 e. The van der Waals surface area contributed by atoms with E-state index in [9.17, 15) is 14.0 Å². The lowest BCUT2D eigenvalue weighted by atomic mass is 10.2. The van der Waals surface area contributed by atoms with E-state index in [0.717, 1.165) is 30.5 Å². The number of nitrogens with zero attached hydrogens (tertiary/aromatic N) is 2. The van der Waals surface area contributed by atoms with Crippen LogP contribution < -0.4 is 5.32 Å². The fraction of sp³-hybridized carbons (Fsp3) is 0.250. The van der Waals surface area contributed by atoms with Gasteiger partial charge < -0.3 is 14.8 Å². The van der Waals surface area contributed by atoms with E-state index in [0.29, 0.717) is 22.9 Å². The Morgan fingerprint density at radius 3 is 2.71 bits per heavy atom. The maximum absolute atomic E-state index is 13.2. The molecule has 2 N–H and O–H groups in total. The molecule has 28 heavy (non-hydrogen) atoms. The van der Waals surface area contributed by atoms with Crippen LogP contribution in [0.5, 0.6) is 0 Å². The Bertz CT molecular complexity index is 1070. The highest BCUT2D eigenvalue weighted by Crippen LogP contribution is 2.28. The van der Waals surface area contributed by atoms with Gasteiger partial charge in [-0.25, -0.2) is 13.9 Å². The van der Waals surface area contributed by atoms with Gasteiger partial charge in [-0.2, -0.15) is 5.10 Å². The first-order chi connectivity index (χ1) is 13.4. The standard InChI is InChI=1S/C20H18FN3O4/c1-11-16(20(26)27)9-14(28-11)10-22-19(25)18-15-3-2-4-17(15)24(23-18)13-7-5-12(21)6-8-13/h5-9H,2-4,10H2,1H3,(H,22,25)(H,26,27). The first-order valence-corrected chi connectivity index (χ1v) is 8.91. The van der Waals surface area contributed by atoms with Crippen molar-refractivity contribution in [1.82, 2.24) is 15.1 Å². The summed E-state index contributed by atoms with van der Waals surface area (Å²) in [6, 6.07) is 7.37. The molecule has 0 saturated heterocycles. The molecule has 0 unspecified atom stereocenters. The Hall–Kier alpha value is -3.42. The van der Waals surface area contributed by atoms with Crippen molar-refractivity contribution in [3.8, 4) is 5.69 Å². The van der Waals surface area contributed by atoms with Gasteiger partial charge in [-0.1, -0.05) is 0 Å². The summed E-state index contributed by atoms with van der Waals surface area (Å²) < 4.78 is 20.3. The number of hydrogen-bond donors (Lipinski definition) is 2. The van der Waals surface area contributed by atoms with Crippen LogP contribution in [0.3, 0.4) is 0 Å². The van der Waals surface area contributed by atoms with Crippen molar-refractivity contribution in [3.63, 3.8) is 0 Å². The van der Waals surface area contributed by atoms with Crippen molar-refractivity contribution < 1.29 is 23.5 Å². The van der Waals surface area contributed by atoms with Crippen molar-refractivity contribution in [1.29, 1.82) is 0 Å². The molecule has 0 spiro atoms. The lowest BCUT2D eigenvalue weighted by Crippen LogP contribution is -2.24. The third-order valence-corrected chi connectivity index (χ3v) is 4.84.